The summed E-state index contributed by atoms with van der Waals surface area (Å²) in [5.74, 6) is 0.457. The molecule has 88 valence electrons. The van der Waals surface area contributed by atoms with E-state index < -0.39 is 0 Å². The van der Waals surface area contributed by atoms with Crippen molar-refractivity contribution in [1.82, 2.24) is 9.88 Å². The van der Waals surface area contributed by atoms with Crippen molar-refractivity contribution >= 4 is 15.9 Å². The van der Waals surface area contributed by atoms with Crippen molar-refractivity contribution in [3.8, 4) is 0 Å². The molecule has 1 aliphatic rings. The zero-order valence-electron chi connectivity index (χ0n) is 9.27. The first-order valence-electron chi connectivity index (χ1n) is 5.71. The second kappa shape index (κ2) is 5.75. The standard InChI is InChI=1S/C12H17BrN2O/c13-12-6-10(3-4-14-12)7-15-5-1-2-11(8-15)9-16/h3-4,6,11,16H,1-2,5,7-9H2/t11-/m0/s1. The molecule has 1 aromatic rings. The van der Waals surface area contributed by atoms with E-state index in [1.807, 2.05) is 12.3 Å². The summed E-state index contributed by atoms with van der Waals surface area (Å²) < 4.78 is 0.890. The molecule has 0 unspecified atom stereocenters. The molecule has 2 rings (SSSR count). The van der Waals surface area contributed by atoms with Crippen molar-refractivity contribution in [3.05, 3.63) is 28.5 Å². The quantitative estimate of drug-likeness (QED) is 0.863. The molecule has 0 spiro atoms. The smallest absolute Gasteiger partial charge is 0.106 e. The molecule has 1 N–H and O–H groups in total. The molecule has 1 aliphatic heterocycles. The summed E-state index contributed by atoms with van der Waals surface area (Å²) in [6.45, 7) is 3.42. The van der Waals surface area contributed by atoms with Gasteiger partial charge in [0.15, 0.2) is 0 Å². The van der Waals surface area contributed by atoms with E-state index >= 15 is 0 Å². The largest absolute Gasteiger partial charge is 0.396 e. The van der Waals surface area contributed by atoms with Crippen LogP contribution in [0.5, 0.6) is 0 Å². The number of nitrogens with zero attached hydrogens (tertiary/aromatic N) is 2. The van der Waals surface area contributed by atoms with Gasteiger partial charge < -0.3 is 5.11 Å². The second-order valence-corrected chi connectivity index (χ2v) is 5.23. The number of aromatic nitrogens is 1. The van der Waals surface area contributed by atoms with Gasteiger partial charge in [0.05, 0.1) is 0 Å². The Balaban J connectivity index is 1.94. The zero-order valence-corrected chi connectivity index (χ0v) is 10.9. The number of rotatable bonds is 3. The van der Waals surface area contributed by atoms with Gasteiger partial charge in [0.1, 0.15) is 4.60 Å². The molecule has 1 fully saturated rings. The maximum Gasteiger partial charge on any atom is 0.106 e. The minimum Gasteiger partial charge on any atom is -0.396 e. The number of hydrogen-bond donors (Lipinski definition) is 1. The van der Waals surface area contributed by atoms with Gasteiger partial charge >= 0.3 is 0 Å². The van der Waals surface area contributed by atoms with Crippen LogP contribution in [0.25, 0.3) is 0 Å². The Labute approximate surface area is 105 Å². The molecule has 1 atom stereocenters. The lowest BCUT2D eigenvalue weighted by Crippen LogP contribution is -2.36. The van der Waals surface area contributed by atoms with Crippen LogP contribution in [0, 0.1) is 5.92 Å². The molecule has 0 bridgehead atoms. The Kier molecular flexibility index (Phi) is 4.32. The number of aliphatic hydroxyl groups excluding tert-OH is 1. The third-order valence-corrected chi connectivity index (χ3v) is 3.49. The van der Waals surface area contributed by atoms with Crippen LogP contribution in [-0.4, -0.2) is 34.7 Å². The zero-order chi connectivity index (χ0) is 11.4. The van der Waals surface area contributed by atoms with E-state index in [1.54, 1.807) is 0 Å². The fraction of sp³-hybridized carbons (Fsp3) is 0.583. The number of hydrogen-bond acceptors (Lipinski definition) is 3. The van der Waals surface area contributed by atoms with E-state index in [4.69, 9.17) is 0 Å². The number of halogens is 1. The minimum absolute atomic E-state index is 0.316. The fourth-order valence-corrected chi connectivity index (χ4v) is 2.66. The van der Waals surface area contributed by atoms with Gasteiger partial charge in [-0.2, -0.15) is 0 Å². The van der Waals surface area contributed by atoms with Crippen LogP contribution in [0.15, 0.2) is 22.9 Å². The van der Waals surface area contributed by atoms with E-state index in [0.717, 1.165) is 30.7 Å². The maximum absolute atomic E-state index is 9.17. The Morgan fingerprint density at radius 3 is 3.19 bits per heavy atom. The SMILES string of the molecule is OC[C@H]1CCCN(Cc2ccnc(Br)c2)C1. The van der Waals surface area contributed by atoms with Gasteiger partial charge in [0.25, 0.3) is 0 Å². The van der Waals surface area contributed by atoms with Crippen LogP contribution in [0.2, 0.25) is 0 Å². The van der Waals surface area contributed by atoms with Crippen LogP contribution < -0.4 is 0 Å². The van der Waals surface area contributed by atoms with Crippen LogP contribution in [-0.2, 0) is 6.54 Å². The summed E-state index contributed by atoms with van der Waals surface area (Å²) >= 11 is 3.38. The third kappa shape index (κ3) is 3.27. The fourth-order valence-electron chi connectivity index (χ4n) is 2.24. The van der Waals surface area contributed by atoms with Crippen molar-refractivity contribution in [3.63, 3.8) is 0 Å². The van der Waals surface area contributed by atoms with Crippen molar-refractivity contribution in [2.75, 3.05) is 19.7 Å². The predicted molar refractivity (Wildman–Crippen MR) is 67.0 cm³/mol. The summed E-state index contributed by atoms with van der Waals surface area (Å²) in [6.07, 6.45) is 4.18. The van der Waals surface area contributed by atoms with E-state index in [1.165, 1.54) is 12.0 Å². The van der Waals surface area contributed by atoms with Crippen molar-refractivity contribution in [2.45, 2.75) is 19.4 Å². The molecular weight excluding hydrogens is 268 g/mol. The lowest BCUT2D eigenvalue weighted by molar-refractivity contribution is 0.116. The normalized spacial score (nSPS) is 22.2. The Hall–Kier alpha value is -0.450. The van der Waals surface area contributed by atoms with Crippen LogP contribution in [0.1, 0.15) is 18.4 Å². The number of aliphatic hydroxyl groups is 1. The average Bonchev–Trinajstić information content (AvgIpc) is 2.29. The first-order chi connectivity index (χ1) is 7.78. The molecule has 0 saturated carbocycles. The number of likely N-dealkylation sites (tertiary alicyclic amines) is 1. The second-order valence-electron chi connectivity index (χ2n) is 4.41. The van der Waals surface area contributed by atoms with Gasteiger partial charge in [-0.3, -0.25) is 4.90 Å². The van der Waals surface area contributed by atoms with Crippen LogP contribution in [0.3, 0.4) is 0 Å². The highest BCUT2D eigenvalue weighted by atomic mass is 79.9. The lowest BCUT2D eigenvalue weighted by Gasteiger charge is -2.31. The van der Waals surface area contributed by atoms with E-state index in [2.05, 4.69) is 31.9 Å². The summed E-state index contributed by atoms with van der Waals surface area (Å²) in [5.41, 5.74) is 1.28. The molecule has 0 amide bonds. The van der Waals surface area contributed by atoms with Crippen molar-refractivity contribution in [2.24, 2.45) is 5.92 Å². The molecule has 2 heterocycles. The van der Waals surface area contributed by atoms with Gasteiger partial charge in [0, 0.05) is 25.9 Å². The number of pyridine rings is 1. The summed E-state index contributed by atoms with van der Waals surface area (Å²) in [6, 6.07) is 4.11. The Bertz CT molecular complexity index is 346. The highest BCUT2D eigenvalue weighted by Crippen LogP contribution is 2.18. The first-order valence-corrected chi connectivity index (χ1v) is 6.51. The van der Waals surface area contributed by atoms with Gasteiger partial charge in [-0.05, 0) is 58.9 Å². The average molecular weight is 285 g/mol. The van der Waals surface area contributed by atoms with Crippen LogP contribution >= 0.6 is 15.9 Å². The molecule has 3 nitrogen and oxygen atoms in total. The molecule has 4 heteroatoms. The highest BCUT2D eigenvalue weighted by molar-refractivity contribution is 9.10. The Morgan fingerprint density at radius 1 is 1.56 bits per heavy atom. The molecule has 1 aromatic heterocycles. The topological polar surface area (TPSA) is 36.4 Å². The van der Waals surface area contributed by atoms with E-state index in [-0.39, 0.29) is 0 Å². The third-order valence-electron chi connectivity index (χ3n) is 3.06. The first kappa shape index (κ1) is 12.0. The molecule has 0 radical (unpaired) electrons. The molecule has 0 aliphatic carbocycles. The lowest BCUT2D eigenvalue weighted by atomic mass is 9.99. The van der Waals surface area contributed by atoms with Gasteiger partial charge in [0.2, 0.25) is 0 Å². The van der Waals surface area contributed by atoms with E-state index in [0.29, 0.717) is 12.5 Å². The minimum atomic E-state index is 0.316. The van der Waals surface area contributed by atoms with Gasteiger partial charge in [-0.15, -0.1) is 0 Å². The van der Waals surface area contributed by atoms with Crippen molar-refractivity contribution in [1.29, 1.82) is 0 Å². The molecule has 0 aromatic carbocycles. The van der Waals surface area contributed by atoms with Crippen molar-refractivity contribution < 1.29 is 5.11 Å². The summed E-state index contributed by atoms with van der Waals surface area (Å²) in [4.78, 5) is 6.53. The monoisotopic (exact) mass is 284 g/mol. The van der Waals surface area contributed by atoms with Gasteiger partial charge in [-0.25, -0.2) is 4.98 Å². The summed E-state index contributed by atoms with van der Waals surface area (Å²) in [7, 11) is 0. The number of piperidine rings is 1. The van der Waals surface area contributed by atoms with Gasteiger partial charge in [-0.1, -0.05) is 0 Å². The molecule has 16 heavy (non-hydrogen) atoms. The van der Waals surface area contributed by atoms with Crippen LogP contribution in [0.4, 0.5) is 0 Å². The predicted octanol–water partition coefficient (Wildman–Crippen LogP) is 2.05. The Morgan fingerprint density at radius 2 is 2.44 bits per heavy atom. The van der Waals surface area contributed by atoms with E-state index in [9.17, 15) is 5.11 Å². The highest BCUT2D eigenvalue weighted by Gasteiger charge is 2.18. The summed E-state index contributed by atoms with van der Waals surface area (Å²) in [5, 5.41) is 9.17. The molecular formula is C12H17BrN2O. The molecule has 1 saturated heterocycles. The maximum atomic E-state index is 9.17.